The molecule has 3 aromatic carbocycles. The van der Waals surface area contributed by atoms with Crippen LogP contribution in [0.1, 0.15) is 29.3 Å². The van der Waals surface area contributed by atoms with Crippen LogP contribution in [0.5, 0.6) is 11.5 Å². The molecule has 0 fully saturated rings. The molecule has 0 saturated heterocycles. The molecule has 0 aliphatic carbocycles. The standard InChI is InChI=1S/C28H27N3O3S/c1-18-28(23-6-4-5-7-24(23)29-18)35-17-27(32)31-26(20-10-14-22(34-3)15-11-20)16-25(30-31)19-8-12-21(33-2)13-9-19/h4-15,26,29H,16-17H2,1-3H3. The highest BCUT2D eigenvalue weighted by molar-refractivity contribution is 8.00. The number of aryl methyl sites for hydroxylation is 1. The molecule has 178 valence electrons. The lowest BCUT2D eigenvalue weighted by Gasteiger charge is -2.22. The van der Waals surface area contributed by atoms with Gasteiger partial charge in [-0.05, 0) is 60.5 Å². The van der Waals surface area contributed by atoms with Gasteiger partial charge in [0.2, 0.25) is 0 Å². The number of carbonyl (C=O) groups is 1. The molecule has 4 aromatic rings. The van der Waals surface area contributed by atoms with Crippen molar-refractivity contribution >= 4 is 34.3 Å². The number of rotatable bonds is 7. The number of amides is 1. The zero-order valence-electron chi connectivity index (χ0n) is 19.9. The Balaban J connectivity index is 1.41. The van der Waals surface area contributed by atoms with Gasteiger partial charge in [0.25, 0.3) is 5.91 Å². The van der Waals surface area contributed by atoms with Crippen molar-refractivity contribution in [3.05, 3.63) is 89.6 Å². The van der Waals surface area contributed by atoms with Crippen molar-refractivity contribution < 1.29 is 14.3 Å². The van der Waals surface area contributed by atoms with Gasteiger partial charge < -0.3 is 14.5 Å². The Labute approximate surface area is 208 Å². The number of nitrogens with zero attached hydrogens (tertiary/aromatic N) is 2. The van der Waals surface area contributed by atoms with Crippen molar-refractivity contribution in [3.8, 4) is 11.5 Å². The summed E-state index contributed by atoms with van der Waals surface area (Å²) >= 11 is 1.56. The Kier molecular flexibility index (Phi) is 6.51. The predicted molar refractivity (Wildman–Crippen MR) is 140 cm³/mol. The summed E-state index contributed by atoms with van der Waals surface area (Å²) in [6.45, 7) is 2.04. The number of carbonyl (C=O) groups excluding carboxylic acids is 1. The molecular weight excluding hydrogens is 458 g/mol. The van der Waals surface area contributed by atoms with E-state index in [9.17, 15) is 4.79 Å². The van der Waals surface area contributed by atoms with Crippen LogP contribution in [0.3, 0.4) is 0 Å². The lowest BCUT2D eigenvalue weighted by atomic mass is 9.98. The number of H-pyrrole nitrogens is 1. The van der Waals surface area contributed by atoms with Gasteiger partial charge in [0.05, 0.1) is 31.7 Å². The van der Waals surface area contributed by atoms with Crippen LogP contribution in [0.15, 0.2) is 82.8 Å². The number of hydrazone groups is 1. The van der Waals surface area contributed by atoms with E-state index in [0.29, 0.717) is 12.2 Å². The number of fused-ring (bicyclic) bond motifs is 1. The van der Waals surface area contributed by atoms with Crippen LogP contribution in [-0.2, 0) is 4.79 Å². The zero-order chi connectivity index (χ0) is 24.4. The van der Waals surface area contributed by atoms with Gasteiger partial charge in [-0.1, -0.05) is 30.3 Å². The molecule has 7 heteroatoms. The number of hydrogen-bond acceptors (Lipinski definition) is 5. The van der Waals surface area contributed by atoms with Gasteiger partial charge in [-0.3, -0.25) is 4.79 Å². The van der Waals surface area contributed by atoms with Crippen molar-refractivity contribution in [1.29, 1.82) is 0 Å². The molecule has 1 aliphatic rings. The number of ether oxygens (including phenoxy) is 2. The molecule has 1 N–H and O–H groups in total. The first-order chi connectivity index (χ1) is 17.1. The van der Waals surface area contributed by atoms with Crippen molar-refractivity contribution in [1.82, 2.24) is 9.99 Å². The topological polar surface area (TPSA) is 66.9 Å². The molecular formula is C28H27N3O3S. The summed E-state index contributed by atoms with van der Waals surface area (Å²) in [5.41, 5.74) is 5.05. The van der Waals surface area contributed by atoms with E-state index in [1.54, 1.807) is 31.0 Å². The highest BCUT2D eigenvalue weighted by Gasteiger charge is 2.33. The second-order valence-corrected chi connectivity index (χ2v) is 9.41. The van der Waals surface area contributed by atoms with E-state index in [1.807, 2.05) is 67.6 Å². The fourth-order valence-electron chi connectivity index (χ4n) is 4.42. The Morgan fingerprint density at radius 1 is 1.00 bits per heavy atom. The minimum atomic E-state index is -0.171. The van der Waals surface area contributed by atoms with Crippen molar-refractivity contribution in [2.75, 3.05) is 20.0 Å². The van der Waals surface area contributed by atoms with Gasteiger partial charge in [0.15, 0.2) is 0 Å². The fraction of sp³-hybridized carbons (Fsp3) is 0.214. The molecule has 0 saturated carbocycles. The largest absolute Gasteiger partial charge is 0.497 e. The highest BCUT2D eigenvalue weighted by atomic mass is 32.2. The summed E-state index contributed by atoms with van der Waals surface area (Å²) in [6.07, 6.45) is 0.640. The highest BCUT2D eigenvalue weighted by Crippen LogP contribution is 2.36. The Morgan fingerprint density at radius 3 is 2.34 bits per heavy atom. The molecule has 5 rings (SSSR count). The van der Waals surface area contributed by atoms with Crippen LogP contribution in [-0.4, -0.2) is 41.6 Å². The molecule has 1 atom stereocenters. The van der Waals surface area contributed by atoms with Crippen LogP contribution in [0, 0.1) is 6.92 Å². The van der Waals surface area contributed by atoms with Crippen LogP contribution in [0.4, 0.5) is 0 Å². The first-order valence-corrected chi connectivity index (χ1v) is 12.4. The quantitative estimate of drug-likeness (QED) is 0.328. The number of hydrogen-bond donors (Lipinski definition) is 1. The average Bonchev–Trinajstić information content (AvgIpc) is 3.48. The van der Waals surface area contributed by atoms with Crippen molar-refractivity contribution in [3.63, 3.8) is 0 Å². The van der Waals surface area contributed by atoms with Gasteiger partial charge >= 0.3 is 0 Å². The summed E-state index contributed by atoms with van der Waals surface area (Å²) in [4.78, 5) is 18.0. The number of nitrogens with one attached hydrogen (secondary N) is 1. The predicted octanol–water partition coefficient (Wildman–Crippen LogP) is 5.96. The second-order valence-electron chi connectivity index (χ2n) is 8.42. The SMILES string of the molecule is COc1ccc(C2=NN(C(=O)CSc3c(C)[nH]c4ccccc34)C(c3ccc(OC)cc3)C2)cc1. The van der Waals surface area contributed by atoms with E-state index < -0.39 is 0 Å². The summed E-state index contributed by atoms with van der Waals surface area (Å²) in [6, 6.07) is 23.7. The Morgan fingerprint density at radius 2 is 1.66 bits per heavy atom. The molecule has 1 unspecified atom stereocenters. The third kappa shape index (κ3) is 4.64. The lowest BCUT2D eigenvalue weighted by Crippen LogP contribution is -2.28. The molecule has 0 bridgehead atoms. The third-order valence-corrected chi connectivity index (χ3v) is 7.47. The maximum atomic E-state index is 13.5. The van der Waals surface area contributed by atoms with E-state index in [2.05, 4.69) is 17.1 Å². The van der Waals surface area contributed by atoms with Gasteiger partial charge in [0, 0.05) is 27.9 Å². The number of methoxy groups -OCH3 is 2. The van der Waals surface area contributed by atoms with E-state index in [0.717, 1.165) is 49.8 Å². The van der Waals surface area contributed by atoms with Crippen LogP contribution >= 0.6 is 11.8 Å². The molecule has 1 aromatic heterocycles. The van der Waals surface area contributed by atoms with Crippen LogP contribution in [0.2, 0.25) is 0 Å². The van der Waals surface area contributed by atoms with Gasteiger partial charge in [0.1, 0.15) is 11.5 Å². The maximum Gasteiger partial charge on any atom is 0.253 e. The zero-order valence-corrected chi connectivity index (χ0v) is 20.8. The minimum Gasteiger partial charge on any atom is -0.497 e. The van der Waals surface area contributed by atoms with Gasteiger partial charge in [-0.25, -0.2) is 5.01 Å². The number of thioether (sulfide) groups is 1. The lowest BCUT2D eigenvalue weighted by molar-refractivity contribution is -0.130. The second kappa shape index (κ2) is 9.88. The molecule has 0 spiro atoms. The van der Waals surface area contributed by atoms with Crippen molar-refractivity contribution in [2.45, 2.75) is 24.3 Å². The minimum absolute atomic E-state index is 0.0241. The van der Waals surface area contributed by atoms with Gasteiger partial charge in [-0.2, -0.15) is 5.10 Å². The smallest absolute Gasteiger partial charge is 0.253 e. The Bertz CT molecular complexity index is 1380. The van der Waals surface area contributed by atoms with E-state index in [1.165, 1.54) is 0 Å². The fourth-order valence-corrected chi connectivity index (χ4v) is 5.42. The summed E-state index contributed by atoms with van der Waals surface area (Å²) in [7, 11) is 3.30. The summed E-state index contributed by atoms with van der Waals surface area (Å²) in [5.74, 6) is 1.85. The molecule has 35 heavy (non-hydrogen) atoms. The number of aromatic nitrogens is 1. The normalized spacial score (nSPS) is 15.3. The van der Waals surface area contributed by atoms with E-state index in [-0.39, 0.29) is 11.9 Å². The molecule has 1 amide bonds. The number of benzene rings is 3. The van der Waals surface area contributed by atoms with E-state index >= 15 is 0 Å². The monoisotopic (exact) mass is 485 g/mol. The van der Waals surface area contributed by atoms with Crippen molar-refractivity contribution in [2.24, 2.45) is 5.10 Å². The number of para-hydroxylation sites is 1. The molecule has 2 heterocycles. The van der Waals surface area contributed by atoms with Crippen LogP contribution < -0.4 is 9.47 Å². The van der Waals surface area contributed by atoms with Gasteiger partial charge in [-0.15, -0.1) is 11.8 Å². The van der Waals surface area contributed by atoms with Crippen LogP contribution in [0.25, 0.3) is 10.9 Å². The maximum absolute atomic E-state index is 13.5. The first kappa shape index (κ1) is 23.1. The number of aromatic amines is 1. The molecule has 0 radical (unpaired) electrons. The average molecular weight is 486 g/mol. The molecule has 1 aliphatic heterocycles. The third-order valence-electron chi connectivity index (χ3n) is 6.26. The summed E-state index contributed by atoms with van der Waals surface area (Å²) < 4.78 is 10.6. The first-order valence-electron chi connectivity index (χ1n) is 11.5. The molecule has 6 nitrogen and oxygen atoms in total. The Hall–Kier alpha value is -3.71. The summed E-state index contributed by atoms with van der Waals surface area (Å²) in [5, 5.41) is 7.59. The van der Waals surface area contributed by atoms with E-state index in [4.69, 9.17) is 14.6 Å².